The lowest BCUT2D eigenvalue weighted by atomic mass is 9.88. The van der Waals surface area contributed by atoms with Crippen molar-refractivity contribution < 1.29 is 28.5 Å². The van der Waals surface area contributed by atoms with Crippen LogP contribution in [-0.4, -0.2) is 57.3 Å². The minimum absolute atomic E-state index is 0.0198. The standard InChI is InChI=1S/C28H34FN3O5/c1-28(2,3)37-27(34)31(4)18-13-20(14-18)36-25-12-17(21-9-8-19(33)15-23(21)29)11-24-22(25)16-30-32(24)26-7-5-6-10-35-26/h8-9,11-12,15-16,18,20,26,33H,5-7,10,13-14H2,1-4H3/t18-,20-,26?. The third kappa shape index (κ3) is 5.37. The highest BCUT2D eigenvalue weighted by Crippen LogP contribution is 2.39. The van der Waals surface area contributed by atoms with E-state index in [1.165, 1.54) is 6.07 Å². The lowest BCUT2D eigenvalue weighted by Gasteiger charge is -2.41. The van der Waals surface area contributed by atoms with Gasteiger partial charge in [-0.25, -0.2) is 13.9 Å². The summed E-state index contributed by atoms with van der Waals surface area (Å²) in [5, 5.41) is 15.1. The second-order valence-electron chi connectivity index (χ2n) is 10.9. The average Bonchev–Trinajstić information content (AvgIpc) is 3.24. The van der Waals surface area contributed by atoms with Crippen LogP contribution in [0.15, 0.2) is 36.5 Å². The van der Waals surface area contributed by atoms with Crippen molar-refractivity contribution in [3.8, 4) is 22.6 Å². The fourth-order valence-corrected chi connectivity index (χ4v) is 4.86. The van der Waals surface area contributed by atoms with Crippen LogP contribution in [0.2, 0.25) is 0 Å². The number of carbonyl (C=O) groups is 1. The van der Waals surface area contributed by atoms with Crippen LogP contribution in [0.4, 0.5) is 9.18 Å². The third-order valence-electron chi connectivity index (χ3n) is 6.96. The predicted molar refractivity (Wildman–Crippen MR) is 137 cm³/mol. The Labute approximate surface area is 215 Å². The van der Waals surface area contributed by atoms with Crippen LogP contribution in [0.25, 0.3) is 22.0 Å². The second kappa shape index (κ2) is 9.85. The summed E-state index contributed by atoms with van der Waals surface area (Å²) in [6, 6.07) is 7.85. The summed E-state index contributed by atoms with van der Waals surface area (Å²) in [4.78, 5) is 14.1. The number of benzene rings is 2. The number of rotatable bonds is 5. The van der Waals surface area contributed by atoms with Gasteiger partial charge in [-0.1, -0.05) is 0 Å². The number of aromatic nitrogens is 2. The molecule has 2 heterocycles. The van der Waals surface area contributed by atoms with Crippen LogP contribution in [0.5, 0.6) is 11.5 Å². The van der Waals surface area contributed by atoms with Crippen molar-refractivity contribution in [1.29, 1.82) is 0 Å². The van der Waals surface area contributed by atoms with Crippen LogP contribution in [0.3, 0.4) is 0 Å². The van der Waals surface area contributed by atoms with Gasteiger partial charge in [0.15, 0.2) is 6.23 Å². The topological polar surface area (TPSA) is 86.0 Å². The van der Waals surface area contributed by atoms with Gasteiger partial charge in [0, 0.05) is 44.2 Å². The maximum absolute atomic E-state index is 14.8. The number of amides is 1. The van der Waals surface area contributed by atoms with E-state index < -0.39 is 11.4 Å². The first kappa shape index (κ1) is 25.3. The van der Waals surface area contributed by atoms with Gasteiger partial charge in [0.25, 0.3) is 0 Å². The minimum Gasteiger partial charge on any atom is -0.508 e. The van der Waals surface area contributed by atoms with E-state index in [0.717, 1.165) is 36.2 Å². The Balaban J connectivity index is 1.42. The fourth-order valence-electron chi connectivity index (χ4n) is 4.86. The van der Waals surface area contributed by atoms with E-state index in [9.17, 15) is 14.3 Å². The van der Waals surface area contributed by atoms with E-state index in [-0.39, 0.29) is 30.2 Å². The smallest absolute Gasteiger partial charge is 0.410 e. The molecule has 9 heteroatoms. The highest BCUT2D eigenvalue weighted by atomic mass is 19.1. The number of ether oxygens (including phenoxy) is 3. The Hall–Kier alpha value is -3.33. The molecule has 1 amide bonds. The summed E-state index contributed by atoms with van der Waals surface area (Å²) in [6.45, 7) is 6.22. The lowest BCUT2D eigenvalue weighted by Crippen LogP contribution is -2.51. The Morgan fingerprint density at radius 1 is 1.22 bits per heavy atom. The maximum Gasteiger partial charge on any atom is 0.410 e. The Bertz CT molecular complexity index is 1290. The predicted octanol–water partition coefficient (Wildman–Crippen LogP) is 6.02. The molecule has 1 unspecified atom stereocenters. The van der Waals surface area contributed by atoms with E-state index >= 15 is 0 Å². The normalized spacial score (nSPS) is 21.9. The van der Waals surface area contributed by atoms with Crippen molar-refractivity contribution in [3.05, 3.63) is 42.3 Å². The molecule has 5 rings (SSSR count). The SMILES string of the molecule is CN(C(=O)OC(C)(C)C)[C@H]1C[C@H](Oc2cc(-c3ccc(O)cc3F)cc3c2cnn3C2CCCCO2)C1. The maximum atomic E-state index is 14.8. The van der Waals surface area contributed by atoms with E-state index in [1.54, 1.807) is 24.2 Å². The Morgan fingerprint density at radius 2 is 2.00 bits per heavy atom. The van der Waals surface area contributed by atoms with Gasteiger partial charge in [-0.05, 0) is 69.9 Å². The van der Waals surface area contributed by atoms with Gasteiger partial charge in [0.2, 0.25) is 0 Å². The molecule has 1 N–H and O–H groups in total. The molecular formula is C28H34FN3O5. The van der Waals surface area contributed by atoms with Crippen molar-refractivity contribution in [2.24, 2.45) is 0 Å². The Morgan fingerprint density at radius 3 is 2.68 bits per heavy atom. The molecule has 2 aromatic carbocycles. The number of nitrogens with zero attached hydrogens (tertiary/aromatic N) is 3. The van der Waals surface area contributed by atoms with Gasteiger partial charge in [-0.2, -0.15) is 5.10 Å². The van der Waals surface area contributed by atoms with E-state index in [4.69, 9.17) is 14.2 Å². The first-order valence-corrected chi connectivity index (χ1v) is 12.8. The van der Waals surface area contributed by atoms with Crippen molar-refractivity contribution in [2.45, 2.75) is 76.9 Å². The molecule has 2 fully saturated rings. The molecule has 1 saturated carbocycles. The summed E-state index contributed by atoms with van der Waals surface area (Å²) < 4.78 is 34.5. The van der Waals surface area contributed by atoms with Crippen molar-refractivity contribution in [3.63, 3.8) is 0 Å². The van der Waals surface area contributed by atoms with E-state index in [0.29, 0.717) is 36.3 Å². The van der Waals surface area contributed by atoms with Crippen molar-refractivity contribution in [2.75, 3.05) is 13.7 Å². The molecule has 198 valence electrons. The number of fused-ring (bicyclic) bond motifs is 1. The molecule has 1 saturated heterocycles. The van der Waals surface area contributed by atoms with Gasteiger partial charge in [-0.15, -0.1) is 0 Å². The molecular weight excluding hydrogens is 477 g/mol. The molecule has 37 heavy (non-hydrogen) atoms. The molecule has 1 aromatic heterocycles. The molecule has 0 spiro atoms. The number of aromatic hydroxyl groups is 1. The van der Waals surface area contributed by atoms with Crippen LogP contribution in [0.1, 0.15) is 59.1 Å². The van der Waals surface area contributed by atoms with Crippen LogP contribution < -0.4 is 4.74 Å². The number of carbonyl (C=O) groups excluding carboxylic acids is 1. The minimum atomic E-state index is -0.553. The summed E-state index contributed by atoms with van der Waals surface area (Å²) in [5.74, 6) is -0.0487. The van der Waals surface area contributed by atoms with Gasteiger partial charge in [0.05, 0.1) is 17.1 Å². The molecule has 8 nitrogen and oxygen atoms in total. The van der Waals surface area contributed by atoms with Crippen molar-refractivity contribution in [1.82, 2.24) is 14.7 Å². The van der Waals surface area contributed by atoms with Crippen LogP contribution in [0, 0.1) is 5.82 Å². The van der Waals surface area contributed by atoms with Crippen LogP contribution in [-0.2, 0) is 9.47 Å². The molecule has 0 bridgehead atoms. The van der Waals surface area contributed by atoms with Gasteiger partial charge < -0.3 is 24.2 Å². The zero-order valence-electron chi connectivity index (χ0n) is 21.7. The zero-order chi connectivity index (χ0) is 26.3. The summed E-state index contributed by atoms with van der Waals surface area (Å²) in [7, 11) is 1.75. The molecule has 2 aliphatic rings. The zero-order valence-corrected chi connectivity index (χ0v) is 21.7. The summed E-state index contributed by atoms with van der Waals surface area (Å²) in [5.41, 5.74) is 1.23. The van der Waals surface area contributed by atoms with Crippen molar-refractivity contribution >= 4 is 17.0 Å². The van der Waals surface area contributed by atoms with Gasteiger partial charge in [0.1, 0.15) is 29.0 Å². The first-order valence-electron chi connectivity index (χ1n) is 12.8. The van der Waals surface area contributed by atoms with E-state index in [1.807, 2.05) is 37.6 Å². The summed E-state index contributed by atoms with van der Waals surface area (Å²) in [6.07, 6.45) is 5.38. The molecule has 3 aromatic rings. The highest BCUT2D eigenvalue weighted by molar-refractivity contribution is 5.90. The molecule has 0 radical (unpaired) electrons. The van der Waals surface area contributed by atoms with E-state index in [2.05, 4.69) is 5.10 Å². The number of hydrogen-bond acceptors (Lipinski definition) is 6. The summed E-state index contributed by atoms with van der Waals surface area (Å²) >= 11 is 0. The fraction of sp³-hybridized carbons (Fsp3) is 0.500. The van der Waals surface area contributed by atoms with Crippen LogP contribution >= 0.6 is 0 Å². The highest BCUT2D eigenvalue weighted by Gasteiger charge is 2.37. The molecule has 1 aliphatic heterocycles. The molecule has 1 aliphatic carbocycles. The monoisotopic (exact) mass is 511 g/mol. The number of halogens is 1. The molecule has 1 atom stereocenters. The van der Waals surface area contributed by atoms with Gasteiger partial charge >= 0.3 is 6.09 Å². The average molecular weight is 512 g/mol. The number of phenolic OH excluding ortho intramolecular Hbond substituents is 1. The largest absolute Gasteiger partial charge is 0.508 e. The quantitative estimate of drug-likeness (QED) is 0.451. The number of hydrogen-bond donors (Lipinski definition) is 1. The number of phenols is 1. The first-order chi connectivity index (χ1) is 17.6. The lowest BCUT2D eigenvalue weighted by molar-refractivity contribution is -0.0366. The van der Waals surface area contributed by atoms with Gasteiger partial charge in [-0.3, -0.25) is 0 Å². The second-order valence-corrected chi connectivity index (χ2v) is 10.9. The Kier molecular flexibility index (Phi) is 6.74. The third-order valence-corrected chi connectivity index (χ3v) is 6.96.